The summed E-state index contributed by atoms with van der Waals surface area (Å²) in [5.41, 5.74) is 6.89. The molecule has 0 bridgehead atoms. The molecule has 0 radical (unpaired) electrons. The maximum absolute atomic E-state index is 11.8. The van der Waals surface area contributed by atoms with Gasteiger partial charge in [-0.2, -0.15) is 0 Å². The van der Waals surface area contributed by atoms with Gasteiger partial charge in [-0.1, -0.05) is 12.5 Å². The van der Waals surface area contributed by atoms with Crippen molar-refractivity contribution in [2.24, 2.45) is 0 Å². The molecule has 0 saturated carbocycles. The second-order valence-corrected chi connectivity index (χ2v) is 4.47. The third-order valence-corrected chi connectivity index (χ3v) is 3.06. The summed E-state index contributed by atoms with van der Waals surface area (Å²) in [6, 6.07) is 7.06. The van der Waals surface area contributed by atoms with Gasteiger partial charge in [-0.25, -0.2) is 0 Å². The Morgan fingerprint density at radius 2 is 2.06 bits per heavy atom. The van der Waals surface area contributed by atoms with Gasteiger partial charge in [0.15, 0.2) is 0 Å². The lowest BCUT2D eigenvalue weighted by Gasteiger charge is -2.26. The Hall–Kier alpha value is -1.55. The molecule has 1 aliphatic heterocycles. The summed E-state index contributed by atoms with van der Waals surface area (Å²) in [6.07, 6.45) is 3.77. The van der Waals surface area contributed by atoms with Gasteiger partial charge >= 0.3 is 0 Å². The van der Waals surface area contributed by atoms with Crippen LogP contribution in [0.4, 0.5) is 5.69 Å². The standard InChI is InChI=1S/C13H19N3O/c14-12-6-4-5-11(9-12)13(17)15-10-16-7-2-1-3-8-16/h4-6,9H,1-3,7-8,10,14H2,(H,15,17). The van der Waals surface area contributed by atoms with Crippen LogP contribution in [0.15, 0.2) is 24.3 Å². The SMILES string of the molecule is Nc1cccc(C(=O)NCN2CCCCC2)c1. The average Bonchev–Trinajstić information content (AvgIpc) is 2.37. The molecule has 0 aliphatic carbocycles. The normalized spacial score (nSPS) is 16.7. The van der Waals surface area contributed by atoms with Crippen LogP contribution in [0.2, 0.25) is 0 Å². The zero-order chi connectivity index (χ0) is 12.1. The minimum absolute atomic E-state index is 0.0529. The fraction of sp³-hybridized carbons (Fsp3) is 0.462. The van der Waals surface area contributed by atoms with Crippen LogP contribution in [0.1, 0.15) is 29.6 Å². The van der Waals surface area contributed by atoms with E-state index in [-0.39, 0.29) is 5.91 Å². The van der Waals surface area contributed by atoms with Crippen molar-refractivity contribution in [3.05, 3.63) is 29.8 Å². The molecule has 0 spiro atoms. The van der Waals surface area contributed by atoms with E-state index in [4.69, 9.17) is 5.73 Å². The summed E-state index contributed by atoms with van der Waals surface area (Å²) in [4.78, 5) is 14.1. The molecule has 4 nitrogen and oxygen atoms in total. The highest BCUT2D eigenvalue weighted by atomic mass is 16.1. The van der Waals surface area contributed by atoms with Gasteiger partial charge in [0.2, 0.25) is 0 Å². The van der Waals surface area contributed by atoms with Crippen LogP contribution >= 0.6 is 0 Å². The minimum atomic E-state index is -0.0529. The number of nitrogen functional groups attached to an aromatic ring is 1. The predicted molar refractivity (Wildman–Crippen MR) is 68.6 cm³/mol. The maximum Gasteiger partial charge on any atom is 0.252 e. The molecule has 1 saturated heterocycles. The summed E-state index contributed by atoms with van der Waals surface area (Å²) in [7, 11) is 0. The molecule has 1 heterocycles. The topological polar surface area (TPSA) is 58.4 Å². The first-order chi connectivity index (χ1) is 8.25. The average molecular weight is 233 g/mol. The van der Waals surface area contributed by atoms with E-state index in [1.54, 1.807) is 24.3 Å². The van der Waals surface area contributed by atoms with E-state index in [0.717, 1.165) is 13.1 Å². The fourth-order valence-corrected chi connectivity index (χ4v) is 2.08. The lowest BCUT2D eigenvalue weighted by molar-refractivity contribution is 0.0914. The summed E-state index contributed by atoms with van der Waals surface area (Å²) in [6.45, 7) is 2.79. The Bertz CT molecular complexity index is 386. The van der Waals surface area contributed by atoms with E-state index < -0.39 is 0 Å². The Morgan fingerprint density at radius 1 is 1.29 bits per heavy atom. The second-order valence-electron chi connectivity index (χ2n) is 4.47. The number of carbonyl (C=O) groups excluding carboxylic acids is 1. The molecule has 17 heavy (non-hydrogen) atoms. The highest BCUT2D eigenvalue weighted by Crippen LogP contribution is 2.08. The number of hydrogen-bond donors (Lipinski definition) is 2. The molecule has 1 fully saturated rings. The van der Waals surface area contributed by atoms with Crippen LogP contribution < -0.4 is 11.1 Å². The Balaban J connectivity index is 1.84. The van der Waals surface area contributed by atoms with Crippen molar-refractivity contribution in [3.63, 3.8) is 0 Å². The molecule has 0 aromatic heterocycles. The van der Waals surface area contributed by atoms with Crippen molar-refractivity contribution < 1.29 is 4.79 Å². The number of hydrogen-bond acceptors (Lipinski definition) is 3. The Kier molecular flexibility index (Phi) is 3.98. The van der Waals surface area contributed by atoms with Crippen molar-refractivity contribution in [1.82, 2.24) is 10.2 Å². The molecule has 3 N–H and O–H groups in total. The van der Waals surface area contributed by atoms with E-state index in [1.807, 2.05) is 0 Å². The summed E-state index contributed by atoms with van der Waals surface area (Å²) in [5.74, 6) is -0.0529. The largest absolute Gasteiger partial charge is 0.399 e. The number of amides is 1. The number of likely N-dealkylation sites (tertiary alicyclic amines) is 1. The number of rotatable bonds is 3. The maximum atomic E-state index is 11.8. The number of anilines is 1. The molecule has 0 unspecified atom stereocenters. The highest BCUT2D eigenvalue weighted by molar-refractivity contribution is 5.94. The monoisotopic (exact) mass is 233 g/mol. The lowest BCUT2D eigenvalue weighted by Crippen LogP contribution is -2.40. The highest BCUT2D eigenvalue weighted by Gasteiger charge is 2.11. The lowest BCUT2D eigenvalue weighted by atomic mass is 10.1. The third-order valence-electron chi connectivity index (χ3n) is 3.06. The van der Waals surface area contributed by atoms with Crippen LogP contribution in [0.5, 0.6) is 0 Å². The van der Waals surface area contributed by atoms with Gasteiger partial charge in [0.05, 0.1) is 6.67 Å². The first-order valence-electron chi connectivity index (χ1n) is 6.12. The second kappa shape index (κ2) is 5.68. The smallest absolute Gasteiger partial charge is 0.252 e. The quantitative estimate of drug-likeness (QED) is 0.777. The fourth-order valence-electron chi connectivity index (χ4n) is 2.08. The number of piperidine rings is 1. The van der Waals surface area contributed by atoms with Gasteiger partial charge in [-0.3, -0.25) is 9.69 Å². The predicted octanol–water partition coefficient (Wildman–Crippen LogP) is 1.44. The van der Waals surface area contributed by atoms with E-state index in [9.17, 15) is 4.79 Å². The molecule has 1 aromatic rings. The number of nitrogens with two attached hydrogens (primary N) is 1. The summed E-state index contributed by atoms with van der Waals surface area (Å²) in [5, 5.41) is 2.93. The van der Waals surface area contributed by atoms with Gasteiger partial charge in [0.25, 0.3) is 5.91 Å². The molecule has 1 aromatic carbocycles. The van der Waals surface area contributed by atoms with E-state index >= 15 is 0 Å². The van der Waals surface area contributed by atoms with E-state index in [2.05, 4.69) is 10.2 Å². The van der Waals surface area contributed by atoms with Crippen LogP contribution in [0.25, 0.3) is 0 Å². The third kappa shape index (κ3) is 3.46. The molecular weight excluding hydrogens is 214 g/mol. The number of carbonyl (C=O) groups is 1. The first kappa shape index (κ1) is 11.9. The van der Waals surface area contributed by atoms with Gasteiger partial charge in [-0.05, 0) is 44.1 Å². The van der Waals surface area contributed by atoms with E-state index in [0.29, 0.717) is 17.9 Å². The Morgan fingerprint density at radius 3 is 2.76 bits per heavy atom. The summed E-state index contributed by atoms with van der Waals surface area (Å²) >= 11 is 0. The van der Waals surface area contributed by atoms with E-state index in [1.165, 1.54) is 19.3 Å². The first-order valence-corrected chi connectivity index (χ1v) is 6.12. The Labute approximate surface area is 102 Å². The molecule has 1 aliphatic rings. The van der Waals surface area contributed by atoms with Crippen molar-refractivity contribution in [1.29, 1.82) is 0 Å². The van der Waals surface area contributed by atoms with Crippen molar-refractivity contribution in [3.8, 4) is 0 Å². The van der Waals surface area contributed by atoms with Crippen molar-refractivity contribution in [2.75, 3.05) is 25.5 Å². The summed E-state index contributed by atoms with van der Waals surface area (Å²) < 4.78 is 0. The van der Waals surface area contributed by atoms with Gasteiger partial charge in [-0.15, -0.1) is 0 Å². The van der Waals surface area contributed by atoms with Gasteiger partial charge in [0.1, 0.15) is 0 Å². The van der Waals surface area contributed by atoms with Crippen molar-refractivity contribution >= 4 is 11.6 Å². The van der Waals surface area contributed by atoms with Crippen LogP contribution in [0, 0.1) is 0 Å². The van der Waals surface area contributed by atoms with Crippen LogP contribution in [-0.4, -0.2) is 30.6 Å². The molecule has 4 heteroatoms. The molecular formula is C13H19N3O. The number of nitrogens with zero attached hydrogens (tertiary/aromatic N) is 1. The van der Waals surface area contributed by atoms with Crippen LogP contribution in [-0.2, 0) is 0 Å². The number of nitrogens with one attached hydrogen (secondary N) is 1. The minimum Gasteiger partial charge on any atom is -0.399 e. The molecule has 1 amide bonds. The molecule has 92 valence electrons. The van der Waals surface area contributed by atoms with Gasteiger partial charge < -0.3 is 11.1 Å². The van der Waals surface area contributed by atoms with Crippen LogP contribution in [0.3, 0.4) is 0 Å². The molecule has 2 rings (SSSR count). The van der Waals surface area contributed by atoms with Crippen molar-refractivity contribution in [2.45, 2.75) is 19.3 Å². The zero-order valence-electron chi connectivity index (χ0n) is 9.98. The molecule has 0 atom stereocenters. The zero-order valence-corrected chi connectivity index (χ0v) is 9.98. The van der Waals surface area contributed by atoms with Gasteiger partial charge in [0, 0.05) is 11.3 Å². The number of benzene rings is 1.